The number of carbonyl (C=O) groups excluding carboxylic acids is 1. The van der Waals surface area contributed by atoms with E-state index < -0.39 is 27.6 Å². The molecule has 3 aromatic rings. The van der Waals surface area contributed by atoms with E-state index in [1.54, 1.807) is 12.4 Å². The number of thiazole rings is 1. The van der Waals surface area contributed by atoms with E-state index >= 15 is 0 Å². The van der Waals surface area contributed by atoms with Gasteiger partial charge in [0.15, 0.2) is 5.13 Å². The Bertz CT molecular complexity index is 1250. The van der Waals surface area contributed by atoms with Crippen molar-refractivity contribution in [3.05, 3.63) is 65.0 Å². The summed E-state index contributed by atoms with van der Waals surface area (Å²) in [6, 6.07) is 8.93. The molecule has 1 amide bonds. The maximum atomic E-state index is 14.0. The maximum absolute atomic E-state index is 14.0. The van der Waals surface area contributed by atoms with Gasteiger partial charge in [0.25, 0.3) is 5.91 Å². The molecular formula is C23H23F2N3O3S2. The number of nitrogens with one attached hydrogen (secondary N) is 1. The van der Waals surface area contributed by atoms with Crippen molar-refractivity contribution in [2.75, 3.05) is 12.4 Å². The number of halogens is 2. The molecule has 1 aliphatic rings. The van der Waals surface area contributed by atoms with Gasteiger partial charge in [-0.05, 0) is 49.2 Å². The SMILES string of the molecule is CN(C1CCCCC1)S(=O)(=O)c1ccc(C(=O)Nc2nc(-c3ccc(F)cc3F)cs2)cc1. The second-order valence-electron chi connectivity index (χ2n) is 7.95. The molecule has 1 fully saturated rings. The normalized spacial score (nSPS) is 15.0. The summed E-state index contributed by atoms with van der Waals surface area (Å²) in [7, 11) is -2.04. The first-order valence-electron chi connectivity index (χ1n) is 10.6. The zero-order valence-corrected chi connectivity index (χ0v) is 19.6. The second-order valence-corrected chi connectivity index (χ2v) is 10.8. The van der Waals surface area contributed by atoms with E-state index in [4.69, 9.17) is 0 Å². The van der Waals surface area contributed by atoms with Gasteiger partial charge in [-0.1, -0.05) is 19.3 Å². The number of sulfonamides is 1. The molecule has 1 aromatic heterocycles. The average Bonchev–Trinajstić information content (AvgIpc) is 3.27. The summed E-state index contributed by atoms with van der Waals surface area (Å²) in [5.74, 6) is -1.90. The van der Waals surface area contributed by atoms with Gasteiger partial charge >= 0.3 is 0 Å². The third-order valence-electron chi connectivity index (χ3n) is 5.81. The fraction of sp³-hybridized carbons (Fsp3) is 0.304. The van der Waals surface area contributed by atoms with Crippen LogP contribution in [0, 0.1) is 11.6 Å². The van der Waals surface area contributed by atoms with Crippen molar-refractivity contribution in [2.24, 2.45) is 0 Å². The summed E-state index contributed by atoms with van der Waals surface area (Å²) >= 11 is 1.10. The zero-order valence-electron chi connectivity index (χ0n) is 17.9. The summed E-state index contributed by atoms with van der Waals surface area (Å²) in [4.78, 5) is 16.9. The van der Waals surface area contributed by atoms with Crippen LogP contribution in [0.25, 0.3) is 11.3 Å². The molecule has 0 saturated heterocycles. The van der Waals surface area contributed by atoms with Crippen LogP contribution in [-0.2, 0) is 10.0 Å². The topological polar surface area (TPSA) is 79.4 Å². The van der Waals surface area contributed by atoms with E-state index in [1.807, 2.05) is 0 Å². The number of hydrogen-bond donors (Lipinski definition) is 1. The van der Waals surface area contributed by atoms with Crippen molar-refractivity contribution in [2.45, 2.75) is 43.0 Å². The molecule has 174 valence electrons. The molecule has 10 heteroatoms. The lowest BCUT2D eigenvalue weighted by molar-refractivity contribution is 0.102. The van der Waals surface area contributed by atoms with Crippen LogP contribution in [0.3, 0.4) is 0 Å². The highest BCUT2D eigenvalue weighted by molar-refractivity contribution is 7.89. The molecule has 1 aliphatic carbocycles. The molecule has 1 heterocycles. The molecular weight excluding hydrogens is 468 g/mol. The summed E-state index contributed by atoms with van der Waals surface area (Å²) < 4.78 is 54.4. The van der Waals surface area contributed by atoms with Crippen molar-refractivity contribution >= 4 is 32.4 Å². The van der Waals surface area contributed by atoms with Gasteiger partial charge in [0.05, 0.1) is 10.6 Å². The van der Waals surface area contributed by atoms with E-state index in [1.165, 1.54) is 34.6 Å². The lowest BCUT2D eigenvalue weighted by Gasteiger charge is -2.30. The molecule has 0 radical (unpaired) electrons. The van der Waals surface area contributed by atoms with Gasteiger partial charge in [-0.2, -0.15) is 4.31 Å². The van der Waals surface area contributed by atoms with Gasteiger partial charge in [0.1, 0.15) is 11.6 Å². The highest BCUT2D eigenvalue weighted by Crippen LogP contribution is 2.29. The lowest BCUT2D eigenvalue weighted by atomic mass is 9.96. The molecule has 0 unspecified atom stereocenters. The Morgan fingerprint density at radius 1 is 1.09 bits per heavy atom. The third kappa shape index (κ3) is 5.13. The first-order valence-corrected chi connectivity index (χ1v) is 12.9. The monoisotopic (exact) mass is 491 g/mol. The van der Waals surface area contributed by atoms with Gasteiger partial charge in [0.2, 0.25) is 10.0 Å². The van der Waals surface area contributed by atoms with Crippen LogP contribution in [0.4, 0.5) is 13.9 Å². The first-order chi connectivity index (χ1) is 15.8. The number of nitrogens with zero attached hydrogens (tertiary/aromatic N) is 2. The molecule has 0 bridgehead atoms. The Balaban J connectivity index is 1.45. The fourth-order valence-corrected chi connectivity index (χ4v) is 6.03. The number of benzene rings is 2. The minimum absolute atomic E-state index is 0.00299. The minimum atomic E-state index is -3.65. The van der Waals surface area contributed by atoms with E-state index in [-0.39, 0.29) is 32.9 Å². The maximum Gasteiger partial charge on any atom is 0.257 e. The predicted molar refractivity (Wildman–Crippen MR) is 124 cm³/mol. The van der Waals surface area contributed by atoms with Crippen LogP contribution in [-0.4, -0.2) is 36.7 Å². The minimum Gasteiger partial charge on any atom is -0.298 e. The third-order valence-corrected chi connectivity index (χ3v) is 8.50. The Morgan fingerprint density at radius 3 is 2.45 bits per heavy atom. The fourth-order valence-electron chi connectivity index (χ4n) is 3.91. The molecule has 1 saturated carbocycles. The molecule has 2 aromatic carbocycles. The van der Waals surface area contributed by atoms with Crippen molar-refractivity contribution in [3.8, 4) is 11.3 Å². The molecule has 1 N–H and O–H groups in total. The van der Waals surface area contributed by atoms with Crippen molar-refractivity contribution < 1.29 is 22.0 Å². The summed E-state index contributed by atoms with van der Waals surface area (Å²) in [5.41, 5.74) is 0.670. The largest absolute Gasteiger partial charge is 0.298 e. The molecule has 0 aliphatic heterocycles. The number of rotatable bonds is 6. The van der Waals surface area contributed by atoms with E-state index in [0.29, 0.717) is 0 Å². The van der Waals surface area contributed by atoms with E-state index in [9.17, 15) is 22.0 Å². The molecule has 33 heavy (non-hydrogen) atoms. The Hall–Kier alpha value is -2.69. The van der Waals surface area contributed by atoms with Crippen LogP contribution in [0.2, 0.25) is 0 Å². The number of amides is 1. The highest BCUT2D eigenvalue weighted by atomic mass is 32.2. The number of carbonyl (C=O) groups is 1. The standard InChI is InChI=1S/C23H23F2N3O3S2/c1-28(17-5-3-2-4-6-17)33(30,31)18-10-7-15(8-11-18)22(29)27-23-26-21(14-32-23)19-12-9-16(24)13-20(19)25/h7-14,17H,2-6H2,1H3,(H,26,27,29). The van der Waals surface area contributed by atoms with Gasteiger partial charge in [-0.3, -0.25) is 10.1 Å². The van der Waals surface area contributed by atoms with E-state index in [2.05, 4.69) is 10.3 Å². The van der Waals surface area contributed by atoms with Crippen LogP contribution < -0.4 is 5.32 Å². The highest BCUT2D eigenvalue weighted by Gasteiger charge is 2.29. The van der Waals surface area contributed by atoms with Gasteiger partial charge in [-0.25, -0.2) is 22.2 Å². The van der Waals surface area contributed by atoms with Crippen molar-refractivity contribution in [3.63, 3.8) is 0 Å². The van der Waals surface area contributed by atoms with Gasteiger partial charge in [-0.15, -0.1) is 11.3 Å². The first kappa shape index (κ1) is 23.5. The molecule has 6 nitrogen and oxygen atoms in total. The molecule has 4 rings (SSSR count). The summed E-state index contributed by atoms with van der Waals surface area (Å²) in [5, 5.41) is 4.43. The number of hydrogen-bond acceptors (Lipinski definition) is 5. The molecule has 0 spiro atoms. The van der Waals surface area contributed by atoms with Crippen molar-refractivity contribution in [1.29, 1.82) is 0 Å². The Labute approximate surface area is 195 Å². The smallest absolute Gasteiger partial charge is 0.257 e. The van der Waals surface area contributed by atoms with E-state index in [0.717, 1.165) is 55.6 Å². The van der Waals surface area contributed by atoms with Crippen LogP contribution >= 0.6 is 11.3 Å². The summed E-state index contributed by atoms with van der Waals surface area (Å²) in [6.45, 7) is 0. The van der Waals surface area contributed by atoms with Crippen LogP contribution in [0.15, 0.2) is 52.7 Å². The van der Waals surface area contributed by atoms with Crippen molar-refractivity contribution in [1.82, 2.24) is 9.29 Å². The second kappa shape index (κ2) is 9.66. The average molecular weight is 492 g/mol. The lowest BCUT2D eigenvalue weighted by Crippen LogP contribution is -2.38. The Morgan fingerprint density at radius 2 is 1.79 bits per heavy atom. The van der Waals surface area contributed by atoms with Gasteiger partial charge < -0.3 is 0 Å². The van der Waals surface area contributed by atoms with Crippen LogP contribution in [0.1, 0.15) is 42.5 Å². The quantitative estimate of drug-likeness (QED) is 0.508. The summed E-state index contributed by atoms with van der Waals surface area (Å²) in [6.07, 6.45) is 4.89. The zero-order chi connectivity index (χ0) is 23.6. The van der Waals surface area contributed by atoms with Gasteiger partial charge in [0, 0.05) is 35.7 Å². The Kier molecular flexibility index (Phi) is 6.87. The number of aromatic nitrogens is 1. The number of anilines is 1. The van der Waals surface area contributed by atoms with Crippen LogP contribution in [0.5, 0.6) is 0 Å². The predicted octanol–water partition coefficient (Wildman–Crippen LogP) is 5.29. The molecule has 0 atom stereocenters.